The van der Waals surface area contributed by atoms with Crippen LogP contribution in [0.15, 0.2) is 6.20 Å². The van der Waals surface area contributed by atoms with E-state index in [1.165, 1.54) is 10.9 Å². The van der Waals surface area contributed by atoms with Crippen LogP contribution < -0.4 is 0 Å². The van der Waals surface area contributed by atoms with Crippen LogP contribution in [0.1, 0.15) is 18.9 Å². The van der Waals surface area contributed by atoms with Crippen LogP contribution in [0.3, 0.4) is 0 Å². The number of rotatable bonds is 2. The van der Waals surface area contributed by atoms with Crippen LogP contribution in [0.2, 0.25) is 0 Å². The summed E-state index contributed by atoms with van der Waals surface area (Å²) in [7, 11) is 1.63. The van der Waals surface area contributed by atoms with Gasteiger partial charge >= 0.3 is 5.69 Å². The lowest BCUT2D eigenvalue weighted by Crippen LogP contribution is -2.37. The Morgan fingerprint density at radius 2 is 2.24 bits per heavy atom. The number of nitrogens with zero attached hydrogens (tertiary/aromatic N) is 3. The summed E-state index contributed by atoms with van der Waals surface area (Å²) in [6, 6.07) is 0. The number of hydrogen-bond donors (Lipinski definition) is 0. The summed E-state index contributed by atoms with van der Waals surface area (Å²) < 4.78 is 12.3. The van der Waals surface area contributed by atoms with Crippen LogP contribution in [-0.2, 0) is 16.5 Å². The summed E-state index contributed by atoms with van der Waals surface area (Å²) in [5.74, 6) is 0. The van der Waals surface area contributed by atoms with Crippen LogP contribution in [0.25, 0.3) is 0 Å². The van der Waals surface area contributed by atoms with E-state index in [4.69, 9.17) is 9.47 Å². The van der Waals surface area contributed by atoms with Crippen molar-refractivity contribution in [2.75, 3.05) is 13.2 Å². The Labute approximate surface area is 111 Å². The normalized spacial score (nSPS) is 29.2. The van der Waals surface area contributed by atoms with Crippen LogP contribution in [0, 0.1) is 10.1 Å². The number of hydrogen-bond acceptors (Lipinski definition) is 5. The van der Waals surface area contributed by atoms with E-state index in [0.717, 1.165) is 0 Å². The van der Waals surface area contributed by atoms with E-state index in [1.807, 2.05) is 6.92 Å². The van der Waals surface area contributed by atoms with Gasteiger partial charge in [0.15, 0.2) is 5.69 Å². The lowest BCUT2D eigenvalue weighted by Gasteiger charge is -2.32. The first kappa shape index (κ1) is 12.7. The second kappa shape index (κ2) is 4.50. The number of alkyl halides is 1. The SMILES string of the molecule is Cn1ncc([N+](=O)[O-])c1C1OCC(C)(I)CO1. The molecule has 0 spiro atoms. The van der Waals surface area contributed by atoms with Crippen LogP contribution >= 0.6 is 22.6 Å². The monoisotopic (exact) mass is 353 g/mol. The van der Waals surface area contributed by atoms with Crippen molar-refractivity contribution in [3.63, 3.8) is 0 Å². The van der Waals surface area contributed by atoms with Gasteiger partial charge in [-0.25, -0.2) is 0 Å². The van der Waals surface area contributed by atoms with Crippen molar-refractivity contribution in [2.24, 2.45) is 7.05 Å². The van der Waals surface area contributed by atoms with E-state index in [1.54, 1.807) is 7.05 Å². The molecule has 2 rings (SSSR count). The molecular weight excluding hydrogens is 341 g/mol. The summed E-state index contributed by atoms with van der Waals surface area (Å²) in [6.07, 6.45) is 0.491. The zero-order valence-corrected chi connectivity index (χ0v) is 11.6. The third-order valence-electron chi connectivity index (χ3n) is 2.46. The summed E-state index contributed by atoms with van der Waals surface area (Å²) >= 11 is 2.24. The van der Waals surface area contributed by atoms with Gasteiger partial charge in [0.05, 0.1) is 21.6 Å². The van der Waals surface area contributed by atoms with Crippen molar-refractivity contribution >= 4 is 28.3 Å². The third kappa shape index (κ3) is 2.58. The summed E-state index contributed by atoms with van der Waals surface area (Å²) in [5, 5.41) is 14.7. The average Bonchev–Trinajstić information content (AvgIpc) is 2.61. The molecule has 0 unspecified atom stereocenters. The number of nitro groups is 1. The highest BCUT2D eigenvalue weighted by Crippen LogP contribution is 2.34. The van der Waals surface area contributed by atoms with Gasteiger partial charge in [-0.1, -0.05) is 22.6 Å². The van der Waals surface area contributed by atoms with E-state index >= 15 is 0 Å². The maximum Gasteiger partial charge on any atom is 0.315 e. The molecule has 0 amide bonds. The van der Waals surface area contributed by atoms with Crippen LogP contribution in [-0.4, -0.2) is 31.3 Å². The first-order valence-electron chi connectivity index (χ1n) is 4.99. The molecule has 1 aliphatic rings. The molecule has 7 nitrogen and oxygen atoms in total. The predicted molar refractivity (Wildman–Crippen MR) is 66.9 cm³/mol. The topological polar surface area (TPSA) is 79.4 Å². The highest BCUT2D eigenvalue weighted by molar-refractivity contribution is 14.1. The predicted octanol–water partition coefficient (Wildman–Crippen LogP) is 1.57. The fourth-order valence-corrected chi connectivity index (χ4v) is 1.96. The van der Waals surface area contributed by atoms with Gasteiger partial charge in [0.2, 0.25) is 6.29 Å². The van der Waals surface area contributed by atoms with E-state index in [0.29, 0.717) is 18.9 Å². The molecule has 1 fully saturated rings. The smallest absolute Gasteiger partial charge is 0.315 e. The maximum absolute atomic E-state index is 10.8. The van der Waals surface area contributed by atoms with E-state index in [9.17, 15) is 10.1 Å². The zero-order valence-electron chi connectivity index (χ0n) is 9.42. The molecule has 0 bridgehead atoms. The van der Waals surface area contributed by atoms with Gasteiger partial charge in [0.25, 0.3) is 0 Å². The Morgan fingerprint density at radius 3 is 2.76 bits per heavy atom. The van der Waals surface area contributed by atoms with Gasteiger partial charge in [-0.15, -0.1) is 0 Å². The Kier molecular flexibility index (Phi) is 3.36. The van der Waals surface area contributed by atoms with Crippen molar-refractivity contribution < 1.29 is 14.4 Å². The Bertz CT molecular complexity index is 435. The number of halogens is 1. The maximum atomic E-state index is 10.8. The largest absolute Gasteiger partial charge is 0.345 e. The first-order valence-corrected chi connectivity index (χ1v) is 6.07. The molecule has 1 aromatic rings. The standard InChI is InChI=1S/C9H12IN3O4/c1-9(10)4-16-8(17-5-9)7-6(13(14)15)3-11-12(7)2/h3,8H,4-5H2,1-2H3. The molecule has 0 radical (unpaired) electrons. The molecule has 8 heteroatoms. The van der Waals surface area contributed by atoms with Gasteiger partial charge in [-0.05, 0) is 6.92 Å². The van der Waals surface area contributed by atoms with Gasteiger partial charge in [0, 0.05) is 7.05 Å². The molecule has 94 valence electrons. The zero-order chi connectivity index (χ0) is 12.6. The van der Waals surface area contributed by atoms with Crippen LogP contribution in [0.4, 0.5) is 5.69 Å². The van der Waals surface area contributed by atoms with Crippen molar-refractivity contribution in [2.45, 2.75) is 16.6 Å². The Hall–Kier alpha value is -0.740. The number of aromatic nitrogens is 2. The van der Waals surface area contributed by atoms with Gasteiger partial charge < -0.3 is 9.47 Å². The Morgan fingerprint density at radius 1 is 1.65 bits per heavy atom. The molecule has 1 aromatic heterocycles. The molecule has 0 atom stereocenters. The van der Waals surface area contributed by atoms with Crippen LogP contribution in [0.5, 0.6) is 0 Å². The first-order chi connectivity index (χ1) is 7.91. The molecule has 1 aliphatic heterocycles. The summed E-state index contributed by atoms with van der Waals surface area (Å²) in [4.78, 5) is 10.4. The molecular formula is C9H12IN3O4. The highest BCUT2D eigenvalue weighted by atomic mass is 127. The second-order valence-corrected chi connectivity index (χ2v) is 6.77. The highest BCUT2D eigenvalue weighted by Gasteiger charge is 2.36. The van der Waals surface area contributed by atoms with Crippen molar-refractivity contribution in [1.29, 1.82) is 0 Å². The van der Waals surface area contributed by atoms with Gasteiger partial charge in [-0.3, -0.25) is 14.8 Å². The van der Waals surface area contributed by atoms with E-state index < -0.39 is 11.2 Å². The minimum Gasteiger partial charge on any atom is -0.345 e. The lowest BCUT2D eigenvalue weighted by molar-refractivity contribution is -0.387. The van der Waals surface area contributed by atoms with Gasteiger partial charge in [0.1, 0.15) is 6.20 Å². The summed E-state index contributed by atoms with van der Waals surface area (Å²) in [6.45, 7) is 2.97. The quantitative estimate of drug-likeness (QED) is 0.349. The fourth-order valence-electron chi connectivity index (χ4n) is 1.60. The van der Waals surface area contributed by atoms with Crippen molar-refractivity contribution in [3.05, 3.63) is 22.0 Å². The molecule has 1 saturated heterocycles. The molecule has 0 aliphatic carbocycles. The van der Waals surface area contributed by atoms with E-state index in [2.05, 4.69) is 27.7 Å². The average molecular weight is 353 g/mol. The third-order valence-corrected chi connectivity index (χ3v) is 3.08. The molecule has 17 heavy (non-hydrogen) atoms. The Balaban J connectivity index is 2.24. The minimum absolute atomic E-state index is 0.0745. The van der Waals surface area contributed by atoms with Crippen molar-refractivity contribution in [3.8, 4) is 0 Å². The van der Waals surface area contributed by atoms with Crippen molar-refractivity contribution in [1.82, 2.24) is 9.78 Å². The van der Waals surface area contributed by atoms with E-state index in [-0.39, 0.29) is 9.11 Å². The lowest BCUT2D eigenvalue weighted by atomic mass is 10.2. The number of ether oxygens (including phenoxy) is 2. The minimum atomic E-state index is -0.717. The second-order valence-electron chi connectivity index (χ2n) is 4.16. The molecule has 0 saturated carbocycles. The molecule has 0 aromatic carbocycles. The molecule has 0 N–H and O–H groups in total. The number of aryl methyl sites for hydroxylation is 1. The van der Waals surface area contributed by atoms with Gasteiger partial charge in [-0.2, -0.15) is 5.10 Å². The summed E-state index contributed by atoms with van der Waals surface area (Å²) in [5.41, 5.74) is 0.275. The fraction of sp³-hybridized carbons (Fsp3) is 0.667. The molecule has 2 heterocycles.